The maximum atomic E-state index is 12.0. The Morgan fingerprint density at radius 2 is 2.29 bits per heavy atom. The fraction of sp³-hybridized carbons (Fsp3) is 0.0667. The number of halogens is 1. The van der Waals surface area contributed by atoms with Crippen LogP contribution < -0.4 is 0 Å². The van der Waals surface area contributed by atoms with E-state index in [0.29, 0.717) is 16.5 Å². The molecule has 1 aromatic heterocycles. The molecule has 3 rings (SSSR count). The second kappa shape index (κ2) is 5.35. The van der Waals surface area contributed by atoms with Crippen LogP contribution in [0.2, 0.25) is 0 Å². The minimum atomic E-state index is -0.574. The Balaban J connectivity index is 1.99. The summed E-state index contributed by atoms with van der Waals surface area (Å²) < 4.78 is 5.15. The molecule has 0 bridgehead atoms. The van der Waals surface area contributed by atoms with Gasteiger partial charge in [0.1, 0.15) is 23.3 Å². The van der Waals surface area contributed by atoms with Crippen molar-refractivity contribution in [3.05, 3.63) is 53.0 Å². The molecule has 2 aliphatic rings. The first-order valence-electron chi connectivity index (χ1n) is 6.09. The number of amidine groups is 1. The Bertz CT molecular complexity index is 789. The number of furan rings is 1. The Morgan fingerprint density at radius 1 is 1.43 bits per heavy atom. The average molecular weight is 298 g/mol. The third-order valence-electron chi connectivity index (χ3n) is 2.97. The van der Waals surface area contributed by atoms with Crippen LogP contribution >= 0.6 is 11.6 Å². The van der Waals surface area contributed by atoms with Crippen molar-refractivity contribution >= 4 is 35.1 Å². The van der Waals surface area contributed by atoms with E-state index >= 15 is 0 Å². The Kier molecular flexibility index (Phi) is 3.38. The predicted molar refractivity (Wildman–Crippen MR) is 78.7 cm³/mol. The molecule has 0 fully saturated rings. The van der Waals surface area contributed by atoms with Gasteiger partial charge >= 0.3 is 0 Å². The van der Waals surface area contributed by atoms with Gasteiger partial charge in [-0.05, 0) is 30.4 Å². The van der Waals surface area contributed by atoms with E-state index in [4.69, 9.17) is 16.0 Å². The van der Waals surface area contributed by atoms with E-state index in [1.807, 2.05) is 6.07 Å². The monoisotopic (exact) mass is 297 g/mol. The second-order valence-electron chi connectivity index (χ2n) is 4.36. The summed E-state index contributed by atoms with van der Waals surface area (Å²) in [5, 5.41) is 9.70. The van der Waals surface area contributed by atoms with Crippen molar-refractivity contribution in [1.29, 1.82) is 5.26 Å². The van der Waals surface area contributed by atoms with E-state index in [2.05, 4.69) is 9.98 Å². The first-order valence-corrected chi connectivity index (χ1v) is 6.47. The minimum Gasteiger partial charge on any atom is -0.465 e. The van der Waals surface area contributed by atoms with E-state index in [0.717, 1.165) is 0 Å². The fourth-order valence-electron chi connectivity index (χ4n) is 1.98. The van der Waals surface area contributed by atoms with Gasteiger partial charge in [-0.25, -0.2) is 4.99 Å². The third kappa shape index (κ3) is 2.62. The Hall–Kier alpha value is -2.71. The molecular weight excluding hydrogens is 290 g/mol. The number of hydrogen-bond acceptors (Lipinski definition) is 4. The Labute approximate surface area is 125 Å². The molecule has 1 unspecified atom stereocenters. The first kappa shape index (κ1) is 13.3. The maximum Gasteiger partial charge on any atom is 0.260 e. The smallest absolute Gasteiger partial charge is 0.260 e. The van der Waals surface area contributed by atoms with E-state index in [1.165, 1.54) is 12.3 Å². The normalized spacial score (nSPS) is 21.1. The number of aliphatic imine (C=N–C) groups is 2. The van der Waals surface area contributed by atoms with Crippen molar-refractivity contribution in [3.8, 4) is 6.07 Å². The molecule has 2 heterocycles. The van der Waals surface area contributed by atoms with Crippen molar-refractivity contribution in [1.82, 2.24) is 0 Å². The zero-order chi connectivity index (χ0) is 14.8. The van der Waals surface area contributed by atoms with Crippen LogP contribution in [0.4, 0.5) is 0 Å². The van der Waals surface area contributed by atoms with Crippen molar-refractivity contribution in [3.63, 3.8) is 0 Å². The van der Waals surface area contributed by atoms with Crippen LogP contribution in [0, 0.1) is 17.2 Å². The molecule has 1 aromatic rings. The lowest BCUT2D eigenvalue weighted by Gasteiger charge is -2.18. The Morgan fingerprint density at radius 3 is 3.00 bits per heavy atom. The molecule has 0 aromatic carbocycles. The molecule has 1 aliphatic carbocycles. The summed E-state index contributed by atoms with van der Waals surface area (Å²) in [6.07, 6.45) is 7.88. The van der Waals surface area contributed by atoms with Gasteiger partial charge in [-0.15, -0.1) is 0 Å². The highest BCUT2D eigenvalue weighted by Gasteiger charge is 2.28. The summed E-state index contributed by atoms with van der Waals surface area (Å²) in [6.45, 7) is 0. The van der Waals surface area contributed by atoms with Gasteiger partial charge in [-0.1, -0.05) is 11.6 Å². The van der Waals surface area contributed by atoms with Gasteiger partial charge in [0.2, 0.25) is 0 Å². The number of nitrogens with zero attached hydrogens (tertiary/aromatic N) is 3. The number of allylic oxidation sites excluding steroid dienone is 3. The van der Waals surface area contributed by atoms with Gasteiger partial charge in [0, 0.05) is 11.1 Å². The lowest BCUT2D eigenvalue weighted by atomic mass is 9.96. The van der Waals surface area contributed by atoms with E-state index < -0.39 is 11.8 Å². The van der Waals surface area contributed by atoms with Crippen molar-refractivity contribution in [2.24, 2.45) is 15.9 Å². The topological polar surface area (TPSA) is 78.7 Å². The van der Waals surface area contributed by atoms with Gasteiger partial charge in [-0.2, -0.15) is 10.3 Å². The van der Waals surface area contributed by atoms with Crippen molar-refractivity contribution < 1.29 is 9.21 Å². The molecule has 5 nitrogen and oxygen atoms in total. The molecule has 1 atom stereocenters. The minimum absolute atomic E-state index is 0.0845. The predicted octanol–water partition coefficient (Wildman–Crippen LogP) is 2.87. The number of rotatable bonds is 2. The number of hydrogen-bond donors (Lipinski definition) is 0. The van der Waals surface area contributed by atoms with Crippen LogP contribution in [-0.4, -0.2) is 17.5 Å². The van der Waals surface area contributed by atoms with E-state index in [-0.39, 0.29) is 11.4 Å². The summed E-state index contributed by atoms with van der Waals surface area (Å²) in [4.78, 5) is 20.2. The lowest BCUT2D eigenvalue weighted by Crippen LogP contribution is -2.27. The average Bonchev–Trinajstić information content (AvgIpc) is 2.98. The zero-order valence-corrected chi connectivity index (χ0v) is 11.4. The maximum absolute atomic E-state index is 12.0. The molecule has 102 valence electrons. The van der Waals surface area contributed by atoms with Crippen molar-refractivity contribution in [2.75, 3.05) is 0 Å². The highest BCUT2D eigenvalue weighted by Crippen LogP contribution is 2.23. The van der Waals surface area contributed by atoms with E-state index in [9.17, 15) is 10.1 Å². The van der Waals surface area contributed by atoms with Gasteiger partial charge in [0.05, 0.1) is 12.0 Å². The van der Waals surface area contributed by atoms with Crippen LogP contribution in [0.3, 0.4) is 0 Å². The van der Waals surface area contributed by atoms with Crippen molar-refractivity contribution in [2.45, 2.75) is 0 Å². The molecule has 1 amide bonds. The third-order valence-corrected chi connectivity index (χ3v) is 3.22. The highest BCUT2D eigenvalue weighted by atomic mass is 35.5. The van der Waals surface area contributed by atoms with Crippen LogP contribution in [0.5, 0.6) is 0 Å². The van der Waals surface area contributed by atoms with Crippen LogP contribution in [-0.2, 0) is 4.79 Å². The summed E-state index contributed by atoms with van der Waals surface area (Å²) >= 11 is 5.87. The highest BCUT2D eigenvalue weighted by molar-refractivity contribution is 6.34. The number of carbonyl (C=O) groups is 1. The van der Waals surface area contributed by atoms with Gasteiger partial charge in [-0.3, -0.25) is 4.79 Å². The quantitative estimate of drug-likeness (QED) is 0.787. The lowest BCUT2D eigenvalue weighted by molar-refractivity contribution is -0.118. The molecule has 0 spiro atoms. The molecule has 0 saturated heterocycles. The van der Waals surface area contributed by atoms with Gasteiger partial charge in [0.15, 0.2) is 5.84 Å². The van der Waals surface area contributed by atoms with Crippen LogP contribution in [0.1, 0.15) is 5.76 Å². The molecule has 1 aliphatic heterocycles. The van der Waals surface area contributed by atoms with Gasteiger partial charge in [0.25, 0.3) is 5.91 Å². The fourth-order valence-corrected chi connectivity index (χ4v) is 2.17. The van der Waals surface area contributed by atoms with Gasteiger partial charge < -0.3 is 4.42 Å². The van der Waals surface area contributed by atoms with Crippen LogP contribution in [0.25, 0.3) is 6.08 Å². The largest absolute Gasteiger partial charge is 0.465 e. The summed E-state index contributed by atoms with van der Waals surface area (Å²) in [6, 6.07) is 5.38. The van der Waals surface area contributed by atoms with Crippen LogP contribution in [0.15, 0.2) is 61.6 Å². The summed E-state index contributed by atoms with van der Waals surface area (Å²) in [5.41, 5.74) is 0.688. The summed E-state index contributed by atoms with van der Waals surface area (Å²) in [5.74, 6) is -0.389. The number of amides is 1. The molecule has 21 heavy (non-hydrogen) atoms. The first-order chi connectivity index (χ1) is 10.2. The molecular formula is C15H8ClN3O2. The number of nitriles is 1. The zero-order valence-electron chi connectivity index (χ0n) is 10.7. The molecule has 0 radical (unpaired) electrons. The molecule has 0 saturated carbocycles. The van der Waals surface area contributed by atoms with E-state index in [1.54, 1.807) is 30.4 Å². The summed E-state index contributed by atoms with van der Waals surface area (Å²) in [7, 11) is 0. The standard InChI is InChI=1S/C15H8ClN3O2/c16-10-3-4-13-12(7-10)15(20)19-14(18-13)9(8-17)6-11-2-1-5-21-11/h1-7,12H/b9-6+. The number of carbonyl (C=O) groups excluding carboxylic acids is 1. The SMILES string of the molecule is N#C/C(=C\c1ccco1)C1=NC(=O)C2C=C(Cl)C=CC2=N1. The molecule has 0 N–H and O–H groups in total. The second-order valence-corrected chi connectivity index (χ2v) is 4.79. The molecule has 6 heteroatoms. The number of fused-ring (bicyclic) bond motifs is 1.